The van der Waals surface area contributed by atoms with Crippen molar-refractivity contribution in [3.05, 3.63) is 42.0 Å². The monoisotopic (exact) mass is 315 g/mol. The molecule has 3 rings (SSSR count). The van der Waals surface area contributed by atoms with Crippen molar-refractivity contribution in [2.24, 2.45) is 0 Å². The molecule has 0 aliphatic heterocycles. The van der Waals surface area contributed by atoms with Gasteiger partial charge >= 0.3 is 0 Å². The summed E-state index contributed by atoms with van der Waals surface area (Å²) in [7, 11) is 5.48. The van der Waals surface area contributed by atoms with Crippen molar-refractivity contribution in [3.63, 3.8) is 0 Å². The highest BCUT2D eigenvalue weighted by molar-refractivity contribution is 5.42. The standard InChI is InChI=1S/C18H25N3O2/c1-20(13-18-19-9-11-21(18)15-5-6-15)10-8-14-4-7-16(22-2)17(12-14)23-3/h4,7,9,11-12,15H,5-6,8,10,13H2,1-3H3. The summed E-state index contributed by atoms with van der Waals surface area (Å²) in [5, 5.41) is 0. The maximum absolute atomic E-state index is 5.37. The van der Waals surface area contributed by atoms with Crippen molar-refractivity contribution in [1.82, 2.24) is 14.5 Å². The van der Waals surface area contributed by atoms with Crippen LogP contribution in [0.5, 0.6) is 11.5 Å². The third kappa shape index (κ3) is 3.85. The second-order valence-electron chi connectivity index (χ2n) is 6.16. The molecular formula is C18H25N3O2. The van der Waals surface area contributed by atoms with Crippen LogP contribution in [0.15, 0.2) is 30.6 Å². The molecule has 1 aromatic carbocycles. The van der Waals surface area contributed by atoms with E-state index in [4.69, 9.17) is 9.47 Å². The van der Waals surface area contributed by atoms with E-state index < -0.39 is 0 Å². The van der Waals surface area contributed by atoms with Crippen LogP contribution in [0.1, 0.15) is 30.3 Å². The van der Waals surface area contributed by atoms with Gasteiger partial charge in [0, 0.05) is 25.0 Å². The summed E-state index contributed by atoms with van der Waals surface area (Å²) in [4.78, 5) is 6.82. The van der Waals surface area contributed by atoms with Gasteiger partial charge in [0.2, 0.25) is 0 Å². The highest BCUT2D eigenvalue weighted by Gasteiger charge is 2.25. The van der Waals surface area contributed by atoms with E-state index in [1.807, 2.05) is 12.3 Å². The van der Waals surface area contributed by atoms with Crippen molar-refractivity contribution in [2.45, 2.75) is 31.8 Å². The van der Waals surface area contributed by atoms with Gasteiger partial charge in [0.15, 0.2) is 11.5 Å². The molecule has 0 radical (unpaired) electrons. The third-order valence-corrected chi connectivity index (χ3v) is 4.33. The van der Waals surface area contributed by atoms with Crippen molar-refractivity contribution in [3.8, 4) is 11.5 Å². The van der Waals surface area contributed by atoms with Crippen LogP contribution in [-0.2, 0) is 13.0 Å². The van der Waals surface area contributed by atoms with Crippen LogP contribution >= 0.6 is 0 Å². The summed E-state index contributed by atoms with van der Waals surface area (Å²) in [6.45, 7) is 1.86. The number of imidazole rings is 1. The smallest absolute Gasteiger partial charge is 0.160 e. The molecule has 1 saturated carbocycles. The Bertz CT molecular complexity index is 649. The first-order valence-electron chi connectivity index (χ1n) is 8.12. The van der Waals surface area contributed by atoms with Gasteiger partial charge < -0.3 is 14.0 Å². The van der Waals surface area contributed by atoms with Crippen molar-refractivity contribution >= 4 is 0 Å². The molecule has 0 N–H and O–H groups in total. The average molecular weight is 315 g/mol. The number of rotatable bonds is 8. The fraction of sp³-hybridized carbons (Fsp3) is 0.500. The zero-order valence-corrected chi connectivity index (χ0v) is 14.2. The summed E-state index contributed by atoms with van der Waals surface area (Å²) in [6, 6.07) is 6.80. The fourth-order valence-electron chi connectivity index (χ4n) is 2.83. The number of hydrogen-bond donors (Lipinski definition) is 0. The lowest BCUT2D eigenvalue weighted by atomic mass is 10.1. The number of nitrogens with zero attached hydrogens (tertiary/aromatic N) is 3. The molecule has 0 bridgehead atoms. The van der Waals surface area contributed by atoms with E-state index in [9.17, 15) is 0 Å². The quantitative estimate of drug-likeness (QED) is 0.751. The second kappa shape index (κ2) is 7.04. The molecule has 124 valence electrons. The summed E-state index contributed by atoms with van der Waals surface area (Å²) in [5.41, 5.74) is 1.25. The summed E-state index contributed by atoms with van der Waals surface area (Å²) in [6.07, 6.45) is 7.57. The number of hydrogen-bond acceptors (Lipinski definition) is 4. The fourth-order valence-corrected chi connectivity index (χ4v) is 2.83. The largest absolute Gasteiger partial charge is 0.493 e. The molecule has 1 fully saturated rings. The number of likely N-dealkylation sites (N-methyl/N-ethyl adjacent to an activating group) is 1. The van der Waals surface area contributed by atoms with E-state index in [-0.39, 0.29) is 0 Å². The zero-order chi connectivity index (χ0) is 16.2. The van der Waals surface area contributed by atoms with Crippen molar-refractivity contribution in [1.29, 1.82) is 0 Å². The van der Waals surface area contributed by atoms with E-state index in [0.29, 0.717) is 6.04 Å². The summed E-state index contributed by atoms with van der Waals surface area (Å²) >= 11 is 0. The van der Waals surface area contributed by atoms with E-state index in [1.165, 1.54) is 24.2 Å². The molecule has 0 unspecified atom stereocenters. The minimum absolute atomic E-state index is 0.687. The molecule has 5 nitrogen and oxygen atoms in total. The Kier molecular flexibility index (Phi) is 4.86. The van der Waals surface area contributed by atoms with E-state index in [1.54, 1.807) is 14.2 Å². The molecule has 0 atom stereocenters. The normalized spacial score (nSPS) is 14.3. The van der Waals surface area contributed by atoms with Gasteiger partial charge in [0.05, 0.1) is 20.8 Å². The molecule has 5 heteroatoms. The number of ether oxygens (including phenoxy) is 2. The van der Waals surface area contributed by atoms with Crippen LogP contribution in [0.25, 0.3) is 0 Å². The molecule has 1 aliphatic carbocycles. The van der Waals surface area contributed by atoms with Crippen molar-refractivity contribution < 1.29 is 9.47 Å². The number of benzene rings is 1. The molecule has 1 aliphatic rings. The molecule has 0 saturated heterocycles. The molecule has 0 amide bonds. The molecule has 2 aromatic rings. The minimum Gasteiger partial charge on any atom is -0.493 e. The van der Waals surface area contributed by atoms with Gasteiger partial charge in [-0.25, -0.2) is 4.98 Å². The topological polar surface area (TPSA) is 39.5 Å². The van der Waals surface area contributed by atoms with Gasteiger partial charge in [-0.1, -0.05) is 6.07 Å². The van der Waals surface area contributed by atoms with E-state index in [2.05, 4.69) is 39.8 Å². The van der Waals surface area contributed by atoms with Gasteiger partial charge in [-0.05, 0) is 44.0 Å². The van der Waals surface area contributed by atoms with Gasteiger partial charge in [0.1, 0.15) is 5.82 Å². The Hall–Kier alpha value is -2.01. The third-order valence-electron chi connectivity index (χ3n) is 4.33. The maximum atomic E-state index is 5.37. The Labute approximate surface area is 137 Å². The van der Waals surface area contributed by atoms with Crippen LogP contribution in [0.2, 0.25) is 0 Å². The lowest BCUT2D eigenvalue weighted by Gasteiger charge is -2.17. The first kappa shape index (κ1) is 15.9. The maximum Gasteiger partial charge on any atom is 0.160 e. The summed E-state index contributed by atoms with van der Waals surface area (Å²) < 4.78 is 13.0. The molecular weight excluding hydrogens is 290 g/mol. The highest BCUT2D eigenvalue weighted by atomic mass is 16.5. The Balaban J connectivity index is 1.56. The van der Waals surface area contributed by atoms with Gasteiger partial charge in [0.25, 0.3) is 0 Å². The van der Waals surface area contributed by atoms with Crippen LogP contribution in [-0.4, -0.2) is 42.3 Å². The first-order valence-corrected chi connectivity index (χ1v) is 8.12. The number of aromatic nitrogens is 2. The number of methoxy groups -OCH3 is 2. The van der Waals surface area contributed by atoms with Gasteiger partial charge in [-0.15, -0.1) is 0 Å². The van der Waals surface area contributed by atoms with Crippen LogP contribution < -0.4 is 9.47 Å². The SMILES string of the molecule is COc1ccc(CCN(C)Cc2nccn2C2CC2)cc1OC. The lowest BCUT2D eigenvalue weighted by molar-refractivity contribution is 0.316. The zero-order valence-electron chi connectivity index (χ0n) is 14.2. The van der Waals surface area contributed by atoms with Crippen LogP contribution in [0.3, 0.4) is 0 Å². The van der Waals surface area contributed by atoms with Gasteiger partial charge in [-0.3, -0.25) is 4.90 Å². The molecule has 0 spiro atoms. The van der Waals surface area contributed by atoms with Crippen molar-refractivity contribution in [2.75, 3.05) is 27.8 Å². The highest BCUT2D eigenvalue weighted by Crippen LogP contribution is 2.35. The minimum atomic E-state index is 0.687. The Morgan fingerprint density at radius 2 is 2.00 bits per heavy atom. The average Bonchev–Trinajstić information content (AvgIpc) is 3.32. The predicted octanol–water partition coefficient (Wildman–Crippen LogP) is 2.91. The van der Waals surface area contributed by atoms with Gasteiger partial charge in [-0.2, -0.15) is 0 Å². The molecule has 23 heavy (non-hydrogen) atoms. The Morgan fingerprint density at radius 1 is 1.22 bits per heavy atom. The Morgan fingerprint density at radius 3 is 2.70 bits per heavy atom. The second-order valence-corrected chi connectivity index (χ2v) is 6.16. The lowest BCUT2D eigenvalue weighted by Crippen LogP contribution is -2.22. The van der Waals surface area contributed by atoms with Crippen LogP contribution in [0, 0.1) is 0 Å². The van der Waals surface area contributed by atoms with Crippen LogP contribution in [0.4, 0.5) is 0 Å². The molecule has 1 aromatic heterocycles. The molecule has 1 heterocycles. The predicted molar refractivity (Wildman–Crippen MR) is 90.1 cm³/mol. The van der Waals surface area contributed by atoms with E-state index in [0.717, 1.165) is 31.0 Å². The van der Waals surface area contributed by atoms with E-state index >= 15 is 0 Å². The first-order chi connectivity index (χ1) is 11.2. The summed E-state index contributed by atoms with van der Waals surface area (Å²) in [5.74, 6) is 2.73.